The van der Waals surface area contributed by atoms with Gasteiger partial charge >= 0.3 is 0 Å². The Morgan fingerprint density at radius 3 is 0.753 bits per heavy atom. The van der Waals surface area contributed by atoms with E-state index in [1.807, 2.05) is 30.3 Å². The molecule has 0 amide bonds. The molecule has 0 saturated carbocycles. The Bertz CT molecular complexity index is 2360. The molecule has 0 N–H and O–H groups in total. The summed E-state index contributed by atoms with van der Waals surface area (Å²) in [5.74, 6) is 0. The minimum atomic E-state index is -0.918. The van der Waals surface area contributed by atoms with Crippen LogP contribution >= 0.6 is 15.8 Å². The third kappa shape index (κ3) is 22.1. The van der Waals surface area contributed by atoms with Crippen molar-refractivity contribution in [1.82, 2.24) is 0 Å². The second kappa shape index (κ2) is 43.9. The van der Waals surface area contributed by atoms with Gasteiger partial charge in [0.1, 0.15) is 0 Å². The number of rotatable bonds is 42. The van der Waals surface area contributed by atoms with Gasteiger partial charge in [-0.2, -0.15) is 6.07 Å². The molecular formula is C82H124P2Zr-6. The first-order chi connectivity index (χ1) is 41.3. The van der Waals surface area contributed by atoms with E-state index in [1.165, 1.54) is 231 Å². The van der Waals surface area contributed by atoms with E-state index in [0.29, 0.717) is 0 Å². The van der Waals surface area contributed by atoms with Gasteiger partial charge < -0.3 is 30.3 Å². The molecule has 0 fully saturated rings. The third-order valence-electron chi connectivity index (χ3n) is 18.2. The first-order valence-corrected chi connectivity index (χ1v) is 38.6. The Kier molecular flexibility index (Phi) is 38.6. The van der Waals surface area contributed by atoms with Crippen molar-refractivity contribution in [3.05, 3.63) is 164 Å². The zero-order valence-corrected chi connectivity index (χ0v) is 61.3. The van der Waals surface area contributed by atoms with Crippen molar-refractivity contribution in [3.8, 4) is 0 Å². The summed E-state index contributed by atoms with van der Waals surface area (Å²) in [4.78, 5) is 0. The first-order valence-electron chi connectivity index (χ1n) is 35.9. The fourth-order valence-corrected chi connectivity index (χ4v) is 19.4. The Hall–Kier alpha value is -2.68. The fourth-order valence-electron chi connectivity index (χ4n) is 13.2. The van der Waals surface area contributed by atoms with E-state index in [9.17, 15) is 0 Å². The molecule has 0 heterocycles. The van der Waals surface area contributed by atoms with Crippen LogP contribution in [0.25, 0.3) is 0 Å². The summed E-state index contributed by atoms with van der Waals surface area (Å²) in [6, 6.07) is 39.8. The van der Waals surface area contributed by atoms with Crippen LogP contribution in [0.15, 0.2) is 97.1 Å². The molecule has 0 aliphatic rings. The molecule has 0 bridgehead atoms. The predicted octanol–water partition coefficient (Wildman–Crippen LogP) is 22.4. The zero-order chi connectivity index (χ0) is 60.3. The van der Waals surface area contributed by atoms with Crippen molar-refractivity contribution in [1.29, 1.82) is 0 Å². The van der Waals surface area contributed by atoms with Crippen molar-refractivity contribution in [2.45, 2.75) is 314 Å². The van der Waals surface area contributed by atoms with Crippen LogP contribution in [0.5, 0.6) is 0 Å². The molecule has 0 nitrogen and oxygen atoms in total. The van der Waals surface area contributed by atoms with Gasteiger partial charge in [-0.15, -0.1) is 10.6 Å². The Morgan fingerprint density at radius 2 is 0.494 bits per heavy atom. The number of hydrogen-bond acceptors (Lipinski definition) is 0. The van der Waals surface area contributed by atoms with Crippen molar-refractivity contribution in [2.24, 2.45) is 0 Å². The maximum absolute atomic E-state index is 2.76. The molecule has 6 aromatic rings. The molecule has 6 aromatic carbocycles. The maximum Gasteiger partial charge on any atom is 0 e. The van der Waals surface area contributed by atoms with Gasteiger partial charge in [0.05, 0.1) is 0 Å². The minimum Gasteiger partial charge on any atom is -0.748 e. The SMILES string of the molecule is CCCCc1ccc(P(c2ccc(CCCC)c(CCCC)c2CCCC)c2ccc[c-]2P(c2ccc(CCCC)c(CCCC)c2CCCC)c2ccc(CCCC)c(CCCC)c2CCCC)c(CCCC)c1CCCC.[Zr].[cH-]1[cH-][cH-][cH-][cH-]1. The number of benzene rings is 4. The van der Waals surface area contributed by atoms with Crippen LogP contribution in [0.4, 0.5) is 0 Å². The summed E-state index contributed by atoms with van der Waals surface area (Å²) in [5.41, 5.74) is 20.5. The molecule has 85 heavy (non-hydrogen) atoms. The van der Waals surface area contributed by atoms with Crippen LogP contribution in [0.1, 0.15) is 304 Å². The summed E-state index contributed by atoms with van der Waals surface area (Å²) in [6.07, 6.45) is 44.5. The fraction of sp³-hybridized carbons (Fsp3) is 0.585. The van der Waals surface area contributed by atoms with Gasteiger partial charge in [-0.05, 0) is 250 Å². The van der Waals surface area contributed by atoms with Crippen LogP contribution in [-0.4, -0.2) is 0 Å². The molecule has 0 spiro atoms. The Labute approximate surface area is 547 Å². The largest absolute Gasteiger partial charge is 0.748 e. The minimum absolute atomic E-state index is 0. The van der Waals surface area contributed by atoms with Gasteiger partial charge in [0.15, 0.2) is 0 Å². The van der Waals surface area contributed by atoms with E-state index in [1.54, 1.807) is 98.6 Å². The van der Waals surface area contributed by atoms with Gasteiger partial charge in [-0.3, -0.25) is 0 Å². The molecule has 0 aliphatic heterocycles. The second-order valence-corrected chi connectivity index (χ2v) is 29.2. The van der Waals surface area contributed by atoms with Gasteiger partial charge in [-0.25, -0.2) is 12.1 Å². The van der Waals surface area contributed by atoms with Crippen molar-refractivity contribution in [3.63, 3.8) is 0 Å². The molecule has 6 rings (SSSR count). The average Bonchev–Trinajstić information content (AvgIpc) is 2.67. The summed E-state index contributed by atoms with van der Waals surface area (Å²) in [5, 5.41) is 10.2. The monoisotopic (exact) mass is 1260 g/mol. The Balaban J connectivity index is 0.00000245. The standard InChI is InChI=1S/C77H119P2.C5H5.Zr/c1-13-25-38-60-52-56-72(68(46-33-21-9)64(60)42-29-17-5)78(73-57-53-61(39-26-14-2)65(43-30-18-6)69(73)47-34-22-10)76-50-37-51-77(76)79(74-58-54-62(40-27-15-3)66(44-31-19-7)70(74)48-35-23-11)75-59-55-63(41-28-16-4)67(45-32-20-8)71(75)49-36-24-12;1-2-4-5-3-1;/h37,50-59H,13-36,38-49H2,1-12H3;1-5H;/q-1;-5;. The number of hydrogen-bond donors (Lipinski definition) is 0. The maximum atomic E-state index is 2.76. The van der Waals surface area contributed by atoms with Crippen molar-refractivity contribution in [2.75, 3.05) is 0 Å². The molecule has 0 atom stereocenters. The van der Waals surface area contributed by atoms with Crippen LogP contribution in [0.2, 0.25) is 0 Å². The van der Waals surface area contributed by atoms with Gasteiger partial charge in [-0.1, -0.05) is 217 Å². The molecule has 0 saturated heterocycles. The topological polar surface area (TPSA) is 0 Å². The van der Waals surface area contributed by atoms with E-state index in [-0.39, 0.29) is 26.2 Å². The Morgan fingerprint density at radius 1 is 0.271 bits per heavy atom. The third-order valence-corrected chi connectivity index (χ3v) is 23.7. The zero-order valence-electron chi connectivity index (χ0n) is 57.1. The molecular weight excluding hydrogens is 1140 g/mol. The summed E-state index contributed by atoms with van der Waals surface area (Å²) < 4.78 is 0. The van der Waals surface area contributed by atoms with Gasteiger partial charge in [0, 0.05) is 26.2 Å². The van der Waals surface area contributed by atoms with E-state index >= 15 is 0 Å². The molecule has 3 heteroatoms. The molecule has 0 aromatic heterocycles. The van der Waals surface area contributed by atoms with E-state index in [2.05, 4.69) is 150 Å². The van der Waals surface area contributed by atoms with Crippen molar-refractivity contribution >= 4 is 47.7 Å². The molecule has 0 aliphatic carbocycles. The van der Waals surface area contributed by atoms with Crippen molar-refractivity contribution < 1.29 is 26.2 Å². The number of unbranched alkanes of at least 4 members (excludes halogenated alkanes) is 12. The number of aryl methyl sites for hydroxylation is 4. The van der Waals surface area contributed by atoms with Gasteiger partial charge in [0.25, 0.3) is 0 Å². The van der Waals surface area contributed by atoms with Crippen LogP contribution < -0.4 is 31.8 Å². The van der Waals surface area contributed by atoms with E-state index in [0.717, 1.165) is 0 Å². The summed E-state index contributed by atoms with van der Waals surface area (Å²) in [6.45, 7) is 29.0. The normalized spacial score (nSPS) is 11.5. The molecule has 472 valence electrons. The quantitative estimate of drug-likeness (QED) is 0.0265. The first kappa shape index (κ1) is 74.8. The van der Waals surface area contributed by atoms with Crippen LogP contribution in [0, 0.1) is 0 Å². The molecule has 0 radical (unpaired) electrons. The summed E-state index contributed by atoms with van der Waals surface area (Å²) >= 11 is 0. The van der Waals surface area contributed by atoms with Gasteiger partial charge in [0.2, 0.25) is 0 Å². The van der Waals surface area contributed by atoms with Crippen LogP contribution in [-0.2, 0) is 103 Å². The smallest absolute Gasteiger partial charge is 0 e. The average molecular weight is 1260 g/mol. The second-order valence-electron chi connectivity index (χ2n) is 25.0. The van der Waals surface area contributed by atoms with Crippen LogP contribution in [0.3, 0.4) is 0 Å². The molecule has 0 unspecified atom stereocenters. The van der Waals surface area contributed by atoms with E-state index in [4.69, 9.17) is 0 Å². The summed E-state index contributed by atoms with van der Waals surface area (Å²) in [7, 11) is -1.84. The predicted molar refractivity (Wildman–Crippen MR) is 385 cm³/mol. The van der Waals surface area contributed by atoms with E-state index < -0.39 is 15.8 Å².